The summed E-state index contributed by atoms with van der Waals surface area (Å²) >= 11 is 0. The molecule has 0 atom stereocenters. The van der Waals surface area contributed by atoms with Gasteiger partial charge in [-0.1, -0.05) is 146 Å². The summed E-state index contributed by atoms with van der Waals surface area (Å²) in [5, 5.41) is 2.47. The molecule has 5 heteroatoms. The summed E-state index contributed by atoms with van der Waals surface area (Å²) in [7, 11) is 0. The molecule has 8 aromatic carbocycles. The van der Waals surface area contributed by atoms with Crippen LogP contribution in [-0.4, -0.2) is 19.5 Å². The number of hydrogen-bond donors (Lipinski definition) is 0. The lowest BCUT2D eigenvalue weighted by Gasteiger charge is -2.24. The van der Waals surface area contributed by atoms with Crippen molar-refractivity contribution in [1.82, 2.24) is 19.5 Å². The second-order valence-electron chi connectivity index (χ2n) is 14.4. The minimum Gasteiger partial charge on any atom is -0.488 e. The van der Waals surface area contributed by atoms with E-state index in [1.54, 1.807) is 0 Å². The molecule has 0 N–H and O–H groups in total. The van der Waals surface area contributed by atoms with Crippen molar-refractivity contribution in [1.29, 1.82) is 0 Å². The van der Waals surface area contributed by atoms with Crippen LogP contribution in [0, 0.1) is 0 Å². The van der Waals surface area contributed by atoms with Crippen molar-refractivity contribution in [2.45, 2.75) is 6.61 Å². The molecule has 0 unspecified atom stereocenters. The van der Waals surface area contributed by atoms with E-state index < -0.39 is 0 Å². The van der Waals surface area contributed by atoms with Gasteiger partial charge < -0.3 is 9.30 Å². The van der Waals surface area contributed by atoms with Gasteiger partial charge in [0.15, 0.2) is 17.5 Å². The van der Waals surface area contributed by atoms with Gasteiger partial charge in [0.05, 0.1) is 11.0 Å². The lowest BCUT2D eigenvalue weighted by molar-refractivity contribution is 0.302. The number of benzene rings is 8. The number of para-hydroxylation sites is 2. The zero-order valence-electron chi connectivity index (χ0n) is 30.9. The minimum atomic E-state index is 0.469. The van der Waals surface area contributed by atoms with Crippen LogP contribution in [0.15, 0.2) is 194 Å². The van der Waals surface area contributed by atoms with Gasteiger partial charge in [-0.3, -0.25) is 0 Å². The average Bonchev–Trinajstić information content (AvgIpc) is 3.63. The Morgan fingerprint density at radius 2 is 0.947 bits per heavy atom. The fraction of sp³-hybridized carbons (Fsp3) is 0.0192. The Bertz CT molecular complexity index is 3060. The Hall–Kier alpha value is -7.63. The van der Waals surface area contributed by atoms with E-state index in [4.69, 9.17) is 19.7 Å². The molecule has 0 spiro atoms. The SMILES string of the molecule is c1ccc(-c2nc(-c3ccccc3)nc(-c3cccc4c3-c3cc(-c5cccc(-c6ccc7c(c6)c6ccccc6n7-c6ccccc6)c5)ccc3OC4)n2)cc1. The molecule has 11 rings (SSSR count). The van der Waals surface area contributed by atoms with E-state index in [-0.39, 0.29) is 0 Å². The van der Waals surface area contributed by atoms with Gasteiger partial charge >= 0.3 is 0 Å². The molecular formula is C52H34N4O. The summed E-state index contributed by atoms with van der Waals surface area (Å²) in [6.07, 6.45) is 0. The van der Waals surface area contributed by atoms with Crippen molar-refractivity contribution in [3.63, 3.8) is 0 Å². The fourth-order valence-electron chi connectivity index (χ4n) is 8.23. The molecule has 2 aromatic heterocycles. The summed E-state index contributed by atoms with van der Waals surface area (Å²) in [6.45, 7) is 0.469. The average molecular weight is 731 g/mol. The summed E-state index contributed by atoms with van der Waals surface area (Å²) in [6, 6.07) is 68.0. The van der Waals surface area contributed by atoms with E-state index in [1.807, 2.05) is 60.7 Å². The van der Waals surface area contributed by atoms with E-state index in [2.05, 4.69) is 138 Å². The molecule has 0 radical (unpaired) electrons. The standard InChI is InChI=1S/C52H34N4O/c1-4-14-34(15-5-1)50-53-51(35-16-6-2-7-17-35)55-52(54-50)43-24-13-20-40-33-57-48-29-27-39(32-45(48)49(40)43)37-19-12-18-36(30-37)38-26-28-47-44(31-38)42-23-10-11-25-46(42)56(47)41-21-8-3-9-22-41/h1-32H,33H2. The number of fused-ring (bicyclic) bond motifs is 6. The van der Waals surface area contributed by atoms with Crippen molar-refractivity contribution < 1.29 is 4.74 Å². The van der Waals surface area contributed by atoms with Crippen LogP contribution in [0.1, 0.15) is 5.56 Å². The third kappa shape index (κ3) is 5.76. The zero-order chi connectivity index (χ0) is 37.7. The maximum absolute atomic E-state index is 6.37. The summed E-state index contributed by atoms with van der Waals surface area (Å²) in [5.74, 6) is 2.75. The Morgan fingerprint density at radius 1 is 0.386 bits per heavy atom. The van der Waals surface area contributed by atoms with E-state index in [9.17, 15) is 0 Å². The first-order chi connectivity index (χ1) is 28.2. The molecule has 57 heavy (non-hydrogen) atoms. The molecule has 1 aliphatic rings. The summed E-state index contributed by atoms with van der Waals surface area (Å²) in [4.78, 5) is 15.1. The summed E-state index contributed by atoms with van der Waals surface area (Å²) < 4.78 is 8.72. The summed E-state index contributed by atoms with van der Waals surface area (Å²) in [5.41, 5.74) is 14.1. The first kappa shape index (κ1) is 32.8. The van der Waals surface area contributed by atoms with Crippen molar-refractivity contribution in [2.75, 3.05) is 0 Å². The fourth-order valence-corrected chi connectivity index (χ4v) is 8.23. The van der Waals surface area contributed by atoms with Gasteiger partial charge in [-0.15, -0.1) is 0 Å². The molecule has 0 saturated heterocycles. The first-order valence-corrected chi connectivity index (χ1v) is 19.2. The smallest absolute Gasteiger partial charge is 0.164 e. The van der Waals surface area contributed by atoms with Crippen LogP contribution < -0.4 is 4.74 Å². The molecule has 0 fully saturated rings. The minimum absolute atomic E-state index is 0.469. The van der Waals surface area contributed by atoms with Crippen LogP contribution in [0.3, 0.4) is 0 Å². The van der Waals surface area contributed by atoms with Crippen molar-refractivity contribution >= 4 is 21.8 Å². The van der Waals surface area contributed by atoms with E-state index >= 15 is 0 Å². The molecule has 10 aromatic rings. The predicted molar refractivity (Wildman–Crippen MR) is 231 cm³/mol. The highest BCUT2D eigenvalue weighted by Gasteiger charge is 2.24. The largest absolute Gasteiger partial charge is 0.488 e. The predicted octanol–water partition coefficient (Wildman–Crippen LogP) is 12.9. The van der Waals surface area contributed by atoms with Crippen molar-refractivity contribution in [3.05, 3.63) is 200 Å². The third-order valence-electron chi connectivity index (χ3n) is 10.9. The Balaban J connectivity index is 1.02. The highest BCUT2D eigenvalue weighted by molar-refractivity contribution is 6.10. The zero-order valence-corrected chi connectivity index (χ0v) is 30.9. The number of nitrogens with zero attached hydrogens (tertiary/aromatic N) is 4. The molecule has 5 nitrogen and oxygen atoms in total. The van der Waals surface area contributed by atoms with Crippen LogP contribution in [0.2, 0.25) is 0 Å². The van der Waals surface area contributed by atoms with E-state index in [0.717, 1.165) is 61.5 Å². The monoisotopic (exact) mass is 730 g/mol. The van der Waals surface area contributed by atoms with Crippen LogP contribution in [-0.2, 0) is 6.61 Å². The molecular weight excluding hydrogens is 697 g/mol. The third-order valence-corrected chi connectivity index (χ3v) is 10.9. The van der Waals surface area contributed by atoms with Crippen LogP contribution >= 0.6 is 0 Å². The van der Waals surface area contributed by atoms with Crippen LogP contribution in [0.5, 0.6) is 5.75 Å². The van der Waals surface area contributed by atoms with Gasteiger partial charge in [0.1, 0.15) is 12.4 Å². The Morgan fingerprint density at radius 3 is 1.68 bits per heavy atom. The second-order valence-corrected chi connectivity index (χ2v) is 14.4. The Kier molecular flexibility index (Phi) is 7.81. The lowest BCUT2D eigenvalue weighted by Crippen LogP contribution is -2.08. The van der Waals surface area contributed by atoms with Crippen LogP contribution in [0.4, 0.5) is 0 Å². The number of hydrogen-bond acceptors (Lipinski definition) is 4. The van der Waals surface area contributed by atoms with Crippen LogP contribution in [0.25, 0.3) is 95.0 Å². The first-order valence-electron chi connectivity index (χ1n) is 19.2. The van der Waals surface area contributed by atoms with E-state index in [0.29, 0.717) is 24.1 Å². The molecule has 268 valence electrons. The maximum atomic E-state index is 6.37. The number of rotatable bonds is 6. The normalized spacial score (nSPS) is 11.9. The molecule has 0 saturated carbocycles. The lowest BCUT2D eigenvalue weighted by atomic mass is 9.89. The van der Waals surface area contributed by atoms with Gasteiger partial charge in [0, 0.05) is 44.3 Å². The molecule has 3 heterocycles. The van der Waals surface area contributed by atoms with Gasteiger partial charge in [-0.05, 0) is 76.3 Å². The number of ether oxygens (including phenoxy) is 1. The van der Waals surface area contributed by atoms with Crippen molar-refractivity contribution in [3.8, 4) is 79.0 Å². The molecule has 0 aliphatic carbocycles. The van der Waals surface area contributed by atoms with Gasteiger partial charge in [0.2, 0.25) is 0 Å². The second kappa shape index (κ2) is 13.6. The van der Waals surface area contributed by atoms with Crippen molar-refractivity contribution in [2.24, 2.45) is 0 Å². The van der Waals surface area contributed by atoms with Gasteiger partial charge in [-0.25, -0.2) is 15.0 Å². The Labute approximate surface area is 330 Å². The topological polar surface area (TPSA) is 52.8 Å². The van der Waals surface area contributed by atoms with Gasteiger partial charge in [0.25, 0.3) is 0 Å². The molecule has 0 amide bonds. The van der Waals surface area contributed by atoms with E-state index in [1.165, 1.54) is 27.4 Å². The quantitative estimate of drug-likeness (QED) is 0.171. The number of aromatic nitrogens is 4. The maximum Gasteiger partial charge on any atom is 0.164 e. The highest BCUT2D eigenvalue weighted by atomic mass is 16.5. The highest BCUT2D eigenvalue weighted by Crippen LogP contribution is 2.45. The molecule has 0 bridgehead atoms. The van der Waals surface area contributed by atoms with Gasteiger partial charge in [-0.2, -0.15) is 0 Å². The molecule has 1 aliphatic heterocycles.